The SMILES string of the molecule is Nc1ccccc1/N=C/c1ccco1. The molecule has 0 bridgehead atoms. The summed E-state index contributed by atoms with van der Waals surface area (Å²) in [5, 5.41) is 0. The van der Waals surface area contributed by atoms with Gasteiger partial charge in [-0.1, -0.05) is 12.1 Å². The van der Waals surface area contributed by atoms with E-state index in [-0.39, 0.29) is 0 Å². The van der Waals surface area contributed by atoms with E-state index >= 15 is 0 Å². The molecule has 1 aromatic heterocycles. The van der Waals surface area contributed by atoms with Crippen LogP contribution in [-0.2, 0) is 0 Å². The maximum atomic E-state index is 5.72. The van der Waals surface area contributed by atoms with E-state index in [0.717, 1.165) is 5.69 Å². The summed E-state index contributed by atoms with van der Waals surface area (Å²) in [5.74, 6) is 0.716. The lowest BCUT2D eigenvalue weighted by molar-refractivity contribution is 0.560. The van der Waals surface area contributed by atoms with E-state index in [1.807, 2.05) is 36.4 Å². The van der Waals surface area contributed by atoms with Crippen LogP contribution >= 0.6 is 0 Å². The number of benzene rings is 1. The summed E-state index contributed by atoms with van der Waals surface area (Å²) in [6, 6.07) is 11.1. The van der Waals surface area contributed by atoms with Crippen molar-refractivity contribution in [3.63, 3.8) is 0 Å². The average Bonchev–Trinajstić information content (AvgIpc) is 2.69. The van der Waals surface area contributed by atoms with E-state index in [9.17, 15) is 0 Å². The smallest absolute Gasteiger partial charge is 0.144 e. The Morgan fingerprint density at radius 3 is 2.71 bits per heavy atom. The van der Waals surface area contributed by atoms with Gasteiger partial charge in [0.25, 0.3) is 0 Å². The van der Waals surface area contributed by atoms with Crippen LogP contribution < -0.4 is 5.73 Å². The molecule has 2 aromatic rings. The fraction of sp³-hybridized carbons (Fsp3) is 0. The first-order valence-electron chi connectivity index (χ1n) is 4.28. The zero-order valence-electron chi connectivity index (χ0n) is 7.55. The summed E-state index contributed by atoms with van der Waals surface area (Å²) in [5.41, 5.74) is 7.13. The van der Waals surface area contributed by atoms with Crippen LogP contribution in [0.5, 0.6) is 0 Å². The van der Waals surface area contributed by atoms with Crippen LogP contribution in [0.25, 0.3) is 0 Å². The first-order chi connectivity index (χ1) is 6.86. The van der Waals surface area contributed by atoms with Crippen molar-refractivity contribution in [1.29, 1.82) is 0 Å². The summed E-state index contributed by atoms with van der Waals surface area (Å²) >= 11 is 0. The molecule has 0 saturated heterocycles. The summed E-state index contributed by atoms with van der Waals surface area (Å²) < 4.78 is 5.10. The Balaban J connectivity index is 2.23. The molecule has 0 atom stereocenters. The van der Waals surface area contributed by atoms with Gasteiger partial charge < -0.3 is 10.2 Å². The van der Waals surface area contributed by atoms with E-state index in [4.69, 9.17) is 10.2 Å². The van der Waals surface area contributed by atoms with Crippen LogP contribution in [0.4, 0.5) is 11.4 Å². The van der Waals surface area contributed by atoms with Crippen LogP contribution in [0, 0.1) is 0 Å². The molecule has 0 saturated carbocycles. The van der Waals surface area contributed by atoms with Gasteiger partial charge in [0.2, 0.25) is 0 Å². The molecule has 1 heterocycles. The Bertz CT molecular complexity index is 432. The third-order valence-corrected chi connectivity index (χ3v) is 1.81. The second-order valence-corrected chi connectivity index (χ2v) is 2.83. The highest BCUT2D eigenvalue weighted by atomic mass is 16.3. The van der Waals surface area contributed by atoms with Gasteiger partial charge in [-0.25, -0.2) is 0 Å². The lowest BCUT2D eigenvalue weighted by Crippen LogP contribution is -1.84. The molecule has 2 N–H and O–H groups in total. The highest BCUT2D eigenvalue weighted by molar-refractivity contribution is 5.80. The second kappa shape index (κ2) is 3.79. The quantitative estimate of drug-likeness (QED) is 0.579. The van der Waals surface area contributed by atoms with E-state index < -0.39 is 0 Å². The van der Waals surface area contributed by atoms with Crippen LogP contribution in [0.1, 0.15) is 5.76 Å². The molecule has 0 amide bonds. The number of para-hydroxylation sites is 2. The van der Waals surface area contributed by atoms with Crippen molar-refractivity contribution in [3.05, 3.63) is 48.4 Å². The molecule has 0 fully saturated rings. The van der Waals surface area contributed by atoms with Crippen molar-refractivity contribution in [2.45, 2.75) is 0 Å². The number of nitrogen functional groups attached to an aromatic ring is 1. The number of nitrogens with zero attached hydrogens (tertiary/aromatic N) is 1. The molecular weight excluding hydrogens is 176 g/mol. The highest BCUT2D eigenvalue weighted by Gasteiger charge is 1.93. The molecule has 0 radical (unpaired) electrons. The molecule has 0 spiro atoms. The van der Waals surface area contributed by atoms with Crippen molar-refractivity contribution in [3.8, 4) is 0 Å². The number of anilines is 1. The molecule has 0 aliphatic rings. The monoisotopic (exact) mass is 186 g/mol. The lowest BCUT2D eigenvalue weighted by atomic mass is 10.3. The largest absolute Gasteiger partial charge is 0.463 e. The maximum Gasteiger partial charge on any atom is 0.144 e. The molecule has 1 aromatic carbocycles. The van der Waals surface area contributed by atoms with Crippen LogP contribution in [0.3, 0.4) is 0 Å². The highest BCUT2D eigenvalue weighted by Crippen LogP contribution is 2.20. The molecule has 2 rings (SSSR count). The zero-order valence-corrected chi connectivity index (χ0v) is 7.55. The molecular formula is C11H10N2O. The van der Waals surface area contributed by atoms with Gasteiger partial charge in [0.15, 0.2) is 0 Å². The second-order valence-electron chi connectivity index (χ2n) is 2.83. The van der Waals surface area contributed by atoms with Gasteiger partial charge in [-0.2, -0.15) is 0 Å². The molecule has 3 heteroatoms. The van der Waals surface area contributed by atoms with E-state index in [2.05, 4.69) is 4.99 Å². The van der Waals surface area contributed by atoms with Gasteiger partial charge in [0, 0.05) is 0 Å². The van der Waals surface area contributed by atoms with Crippen LogP contribution in [0.15, 0.2) is 52.1 Å². The number of aliphatic imine (C=N–C) groups is 1. The third kappa shape index (κ3) is 1.82. The predicted molar refractivity (Wildman–Crippen MR) is 56.8 cm³/mol. The number of rotatable bonds is 2. The molecule has 0 unspecified atom stereocenters. The number of nitrogens with two attached hydrogens (primary N) is 1. The Kier molecular flexibility index (Phi) is 2.32. The molecule has 70 valence electrons. The lowest BCUT2D eigenvalue weighted by Gasteiger charge is -1.96. The first-order valence-corrected chi connectivity index (χ1v) is 4.28. The van der Waals surface area contributed by atoms with Gasteiger partial charge in [-0.05, 0) is 24.3 Å². The van der Waals surface area contributed by atoms with Gasteiger partial charge in [0.1, 0.15) is 5.76 Å². The summed E-state index contributed by atoms with van der Waals surface area (Å²) in [4.78, 5) is 4.20. The Labute approximate surface area is 81.9 Å². The van der Waals surface area contributed by atoms with Crippen molar-refractivity contribution in [2.24, 2.45) is 4.99 Å². The van der Waals surface area contributed by atoms with Gasteiger partial charge >= 0.3 is 0 Å². The molecule has 0 aliphatic heterocycles. The topological polar surface area (TPSA) is 51.5 Å². The zero-order chi connectivity index (χ0) is 9.80. The maximum absolute atomic E-state index is 5.72. The minimum atomic E-state index is 0.662. The van der Waals surface area contributed by atoms with E-state index in [0.29, 0.717) is 11.4 Å². The Morgan fingerprint density at radius 2 is 2.00 bits per heavy atom. The van der Waals surface area contributed by atoms with E-state index in [1.54, 1.807) is 12.5 Å². The summed E-state index contributed by atoms with van der Waals surface area (Å²) in [7, 11) is 0. The third-order valence-electron chi connectivity index (χ3n) is 1.81. The Hall–Kier alpha value is -2.03. The van der Waals surface area contributed by atoms with E-state index in [1.165, 1.54) is 0 Å². The van der Waals surface area contributed by atoms with Crippen LogP contribution in [0.2, 0.25) is 0 Å². The van der Waals surface area contributed by atoms with Gasteiger partial charge in [-0.3, -0.25) is 4.99 Å². The summed E-state index contributed by atoms with van der Waals surface area (Å²) in [6.45, 7) is 0. The average molecular weight is 186 g/mol. The summed E-state index contributed by atoms with van der Waals surface area (Å²) in [6.07, 6.45) is 3.25. The molecule has 3 nitrogen and oxygen atoms in total. The molecule has 0 aliphatic carbocycles. The Morgan fingerprint density at radius 1 is 1.14 bits per heavy atom. The fourth-order valence-electron chi connectivity index (χ4n) is 1.10. The van der Waals surface area contributed by atoms with Gasteiger partial charge in [0.05, 0.1) is 23.9 Å². The first kappa shape index (κ1) is 8.56. The van der Waals surface area contributed by atoms with Gasteiger partial charge in [-0.15, -0.1) is 0 Å². The van der Waals surface area contributed by atoms with Crippen molar-refractivity contribution in [2.75, 3.05) is 5.73 Å². The fourth-order valence-corrected chi connectivity index (χ4v) is 1.10. The minimum Gasteiger partial charge on any atom is -0.463 e. The van der Waals surface area contributed by atoms with Crippen molar-refractivity contribution in [1.82, 2.24) is 0 Å². The molecule has 14 heavy (non-hydrogen) atoms. The number of hydrogen-bond donors (Lipinski definition) is 1. The normalized spacial score (nSPS) is 10.9. The standard InChI is InChI=1S/C11H10N2O/c12-10-5-1-2-6-11(10)13-8-9-4-3-7-14-9/h1-8H,12H2/b13-8+. The van der Waals surface area contributed by atoms with Crippen molar-refractivity contribution >= 4 is 17.6 Å². The predicted octanol–water partition coefficient (Wildman–Crippen LogP) is 2.61. The number of furan rings is 1. The minimum absolute atomic E-state index is 0.662. The van der Waals surface area contributed by atoms with Crippen LogP contribution in [-0.4, -0.2) is 6.21 Å². The number of hydrogen-bond acceptors (Lipinski definition) is 3. The van der Waals surface area contributed by atoms with Crippen molar-refractivity contribution < 1.29 is 4.42 Å².